The highest BCUT2D eigenvalue weighted by atomic mass is 79.9. The van der Waals surface area contributed by atoms with E-state index in [1.165, 1.54) is 0 Å². The van der Waals surface area contributed by atoms with Crippen molar-refractivity contribution in [1.29, 1.82) is 0 Å². The van der Waals surface area contributed by atoms with Crippen LogP contribution in [0.15, 0.2) is 35.3 Å². The molecule has 0 spiro atoms. The molecule has 0 bridgehead atoms. The molecule has 0 saturated carbocycles. The predicted molar refractivity (Wildman–Crippen MR) is 61.3 cm³/mol. The van der Waals surface area contributed by atoms with Crippen LogP contribution in [-0.4, -0.2) is 22.7 Å². The number of rotatable bonds is 2. The number of nitrogens with zero attached hydrogens (tertiary/aromatic N) is 1. The van der Waals surface area contributed by atoms with Gasteiger partial charge in [0, 0.05) is 5.56 Å². The number of ether oxygens (including phenoxy) is 1. The third-order valence-corrected chi connectivity index (χ3v) is 3.32. The van der Waals surface area contributed by atoms with E-state index in [9.17, 15) is 4.79 Å². The first-order valence-corrected chi connectivity index (χ1v) is 5.71. The van der Waals surface area contributed by atoms with Crippen LogP contribution in [0.1, 0.15) is 12.5 Å². The van der Waals surface area contributed by atoms with Crippen molar-refractivity contribution in [2.24, 2.45) is 4.99 Å². The molecule has 0 aromatic heterocycles. The molecule has 1 heterocycles. The van der Waals surface area contributed by atoms with Crippen molar-refractivity contribution >= 4 is 27.7 Å². The Morgan fingerprint density at radius 1 is 1.40 bits per heavy atom. The van der Waals surface area contributed by atoms with Gasteiger partial charge in [0.05, 0.1) is 5.33 Å². The topological polar surface area (TPSA) is 38.7 Å². The predicted octanol–water partition coefficient (Wildman–Crippen LogP) is 2.14. The first-order chi connectivity index (χ1) is 7.15. The summed E-state index contributed by atoms with van der Waals surface area (Å²) in [5.74, 6) is 0.167. The molecule has 0 aliphatic carbocycles. The maximum absolute atomic E-state index is 11.6. The van der Waals surface area contributed by atoms with Gasteiger partial charge >= 0.3 is 0 Å². The number of halogens is 1. The maximum atomic E-state index is 11.6. The smallest absolute Gasteiger partial charge is 0.293 e. The van der Waals surface area contributed by atoms with E-state index in [4.69, 9.17) is 4.74 Å². The molecule has 1 aliphatic rings. The summed E-state index contributed by atoms with van der Waals surface area (Å²) in [4.78, 5) is 15.5. The molecular weight excluding hydrogens is 258 g/mol. The van der Waals surface area contributed by atoms with E-state index in [-0.39, 0.29) is 5.91 Å². The quantitative estimate of drug-likeness (QED) is 0.771. The average molecular weight is 268 g/mol. The molecule has 15 heavy (non-hydrogen) atoms. The van der Waals surface area contributed by atoms with Gasteiger partial charge in [0.25, 0.3) is 5.91 Å². The van der Waals surface area contributed by atoms with Gasteiger partial charge in [0.2, 0.25) is 5.90 Å². The zero-order valence-electron chi connectivity index (χ0n) is 8.24. The van der Waals surface area contributed by atoms with E-state index in [2.05, 4.69) is 20.9 Å². The van der Waals surface area contributed by atoms with Crippen LogP contribution in [0.25, 0.3) is 0 Å². The average Bonchev–Trinajstić information content (AvgIpc) is 2.58. The van der Waals surface area contributed by atoms with Crippen molar-refractivity contribution in [2.45, 2.75) is 12.5 Å². The number of amides is 1. The summed E-state index contributed by atoms with van der Waals surface area (Å²) in [5, 5.41) is 0.443. The molecule has 0 N–H and O–H groups in total. The normalized spacial score (nSPS) is 24.9. The van der Waals surface area contributed by atoms with Crippen molar-refractivity contribution in [1.82, 2.24) is 0 Å². The third-order valence-electron chi connectivity index (χ3n) is 2.25. The molecule has 1 aromatic rings. The van der Waals surface area contributed by atoms with E-state index >= 15 is 0 Å². The van der Waals surface area contributed by atoms with Crippen molar-refractivity contribution in [3.05, 3.63) is 35.9 Å². The van der Waals surface area contributed by atoms with Gasteiger partial charge < -0.3 is 4.74 Å². The number of aliphatic imine (C=N–C) groups is 1. The number of carbonyl (C=O) groups excluding carboxylic acids is 1. The maximum Gasteiger partial charge on any atom is 0.293 e. The van der Waals surface area contributed by atoms with Gasteiger partial charge in [-0.1, -0.05) is 34.1 Å². The van der Waals surface area contributed by atoms with Gasteiger partial charge in [-0.2, -0.15) is 4.99 Å². The molecule has 1 unspecified atom stereocenters. The third kappa shape index (κ3) is 1.81. The lowest BCUT2D eigenvalue weighted by atomic mass is 10.1. The molecule has 4 heteroatoms. The van der Waals surface area contributed by atoms with Crippen LogP contribution in [0.4, 0.5) is 0 Å². The van der Waals surface area contributed by atoms with Crippen LogP contribution in [-0.2, 0) is 9.53 Å². The Bertz CT molecular complexity index is 416. The van der Waals surface area contributed by atoms with Crippen LogP contribution < -0.4 is 0 Å². The number of hydrogen-bond acceptors (Lipinski definition) is 2. The zero-order valence-corrected chi connectivity index (χ0v) is 9.82. The van der Waals surface area contributed by atoms with Crippen LogP contribution in [0.2, 0.25) is 0 Å². The van der Waals surface area contributed by atoms with Gasteiger partial charge in [0.15, 0.2) is 5.60 Å². The van der Waals surface area contributed by atoms with Crippen molar-refractivity contribution < 1.29 is 9.53 Å². The lowest BCUT2D eigenvalue weighted by molar-refractivity contribution is -0.127. The molecule has 1 aromatic carbocycles. The molecule has 0 radical (unpaired) electrons. The second-order valence-corrected chi connectivity index (χ2v) is 4.12. The highest BCUT2D eigenvalue weighted by Gasteiger charge is 2.41. The Balaban J connectivity index is 2.30. The van der Waals surface area contributed by atoms with E-state index in [1.54, 1.807) is 6.92 Å². The van der Waals surface area contributed by atoms with E-state index in [0.29, 0.717) is 11.2 Å². The number of carbonyl (C=O) groups is 1. The summed E-state index contributed by atoms with van der Waals surface area (Å²) < 4.78 is 5.55. The Morgan fingerprint density at radius 2 is 2.07 bits per heavy atom. The van der Waals surface area contributed by atoms with E-state index in [1.807, 2.05) is 30.3 Å². The number of benzene rings is 1. The summed E-state index contributed by atoms with van der Waals surface area (Å²) in [6, 6.07) is 9.41. The Hall–Kier alpha value is -1.16. The second-order valence-electron chi connectivity index (χ2n) is 3.55. The highest BCUT2D eigenvalue weighted by Crippen LogP contribution is 2.24. The molecule has 2 rings (SSSR count). The molecule has 1 amide bonds. The molecule has 0 saturated heterocycles. The van der Waals surface area contributed by atoms with Gasteiger partial charge in [-0.3, -0.25) is 4.79 Å². The fourth-order valence-corrected chi connectivity index (χ4v) is 1.63. The first kappa shape index (κ1) is 10.4. The second kappa shape index (κ2) is 3.77. The summed E-state index contributed by atoms with van der Waals surface area (Å²) >= 11 is 3.25. The van der Waals surface area contributed by atoms with Crippen LogP contribution in [0.5, 0.6) is 0 Å². The lowest BCUT2D eigenvalue weighted by Crippen LogP contribution is -2.35. The summed E-state index contributed by atoms with van der Waals surface area (Å²) in [7, 11) is 0. The van der Waals surface area contributed by atoms with Crippen LogP contribution in [0.3, 0.4) is 0 Å². The molecule has 78 valence electrons. The standard InChI is InChI=1S/C11H10BrNO2/c1-11(7-12)10(14)13-9(15-11)8-5-3-2-4-6-8/h2-6H,7H2,1H3. The minimum Gasteiger partial charge on any atom is -0.460 e. The van der Waals surface area contributed by atoms with E-state index in [0.717, 1.165) is 5.56 Å². The highest BCUT2D eigenvalue weighted by molar-refractivity contribution is 9.09. The summed E-state index contributed by atoms with van der Waals surface area (Å²) in [6.45, 7) is 1.73. The molecule has 1 aliphatic heterocycles. The first-order valence-electron chi connectivity index (χ1n) is 4.59. The van der Waals surface area contributed by atoms with Crippen molar-refractivity contribution in [3.8, 4) is 0 Å². The zero-order chi connectivity index (χ0) is 10.9. The Morgan fingerprint density at radius 3 is 2.60 bits per heavy atom. The molecular formula is C11H10BrNO2. The fourth-order valence-electron chi connectivity index (χ4n) is 1.28. The largest absolute Gasteiger partial charge is 0.460 e. The Kier molecular flexibility index (Phi) is 2.61. The van der Waals surface area contributed by atoms with Gasteiger partial charge in [-0.15, -0.1) is 0 Å². The molecule has 0 fully saturated rings. The van der Waals surface area contributed by atoms with Gasteiger partial charge in [-0.05, 0) is 19.1 Å². The number of hydrogen-bond donors (Lipinski definition) is 0. The fraction of sp³-hybridized carbons (Fsp3) is 0.273. The minimum absolute atomic E-state index is 0.238. The van der Waals surface area contributed by atoms with Gasteiger partial charge in [-0.25, -0.2) is 0 Å². The SMILES string of the molecule is CC1(CBr)OC(c2ccccc2)=NC1=O. The van der Waals surface area contributed by atoms with Crippen molar-refractivity contribution in [3.63, 3.8) is 0 Å². The van der Waals surface area contributed by atoms with Crippen molar-refractivity contribution in [2.75, 3.05) is 5.33 Å². The summed E-state index contributed by atoms with van der Waals surface area (Å²) in [5.41, 5.74) is -0.0268. The van der Waals surface area contributed by atoms with Crippen LogP contribution in [0, 0.1) is 0 Å². The van der Waals surface area contributed by atoms with Crippen LogP contribution >= 0.6 is 15.9 Å². The summed E-state index contributed by atoms with van der Waals surface area (Å²) in [6.07, 6.45) is 0. The molecule has 3 nitrogen and oxygen atoms in total. The number of alkyl halides is 1. The monoisotopic (exact) mass is 267 g/mol. The minimum atomic E-state index is -0.856. The Labute approximate surface area is 96.3 Å². The van der Waals surface area contributed by atoms with Gasteiger partial charge in [0.1, 0.15) is 0 Å². The lowest BCUT2D eigenvalue weighted by Gasteiger charge is -2.18. The molecule has 1 atom stereocenters. The van der Waals surface area contributed by atoms with E-state index < -0.39 is 5.60 Å².